The van der Waals surface area contributed by atoms with Crippen molar-refractivity contribution in [1.82, 2.24) is 15.1 Å². The van der Waals surface area contributed by atoms with Gasteiger partial charge < -0.3 is 10.2 Å². The molecule has 0 radical (unpaired) electrons. The molecule has 6 nitrogen and oxygen atoms in total. The van der Waals surface area contributed by atoms with Crippen LogP contribution in [0.1, 0.15) is 69.5 Å². The normalized spacial score (nSPS) is 11.7. The van der Waals surface area contributed by atoms with Crippen molar-refractivity contribution in [3.63, 3.8) is 0 Å². The molecule has 7 heteroatoms. The van der Waals surface area contributed by atoms with Crippen molar-refractivity contribution in [3.8, 4) is 10.6 Å². The molecule has 1 heterocycles. The zero-order valence-electron chi connectivity index (χ0n) is 20.3. The van der Waals surface area contributed by atoms with Crippen molar-refractivity contribution in [2.24, 2.45) is 0 Å². The highest BCUT2D eigenvalue weighted by molar-refractivity contribution is 7.18. The minimum atomic E-state index is -0.171. The quantitative estimate of drug-likeness (QED) is 0.306. The van der Waals surface area contributed by atoms with Gasteiger partial charge in [0.2, 0.25) is 16.9 Å². The number of carbonyl (C=O) groups is 2. The average Bonchev–Trinajstić information content (AvgIpc) is 3.31. The van der Waals surface area contributed by atoms with Crippen molar-refractivity contribution in [2.75, 3.05) is 11.9 Å². The van der Waals surface area contributed by atoms with Crippen LogP contribution in [0.3, 0.4) is 0 Å². The van der Waals surface area contributed by atoms with Gasteiger partial charge in [-0.2, -0.15) is 0 Å². The van der Waals surface area contributed by atoms with Gasteiger partial charge in [0.1, 0.15) is 5.01 Å². The van der Waals surface area contributed by atoms with Gasteiger partial charge in [0, 0.05) is 24.9 Å². The lowest BCUT2D eigenvalue weighted by Crippen LogP contribution is -2.36. The zero-order valence-corrected chi connectivity index (χ0v) is 21.1. The van der Waals surface area contributed by atoms with Crippen molar-refractivity contribution >= 4 is 28.3 Å². The van der Waals surface area contributed by atoms with E-state index in [0.717, 1.165) is 41.8 Å². The highest BCUT2D eigenvalue weighted by Crippen LogP contribution is 2.27. The molecule has 1 atom stereocenters. The first-order valence-corrected chi connectivity index (χ1v) is 12.8. The summed E-state index contributed by atoms with van der Waals surface area (Å²) in [5.74, 6) is -0.0755. The van der Waals surface area contributed by atoms with E-state index in [1.807, 2.05) is 73.3 Å². The molecule has 1 aromatic heterocycles. The third-order valence-electron chi connectivity index (χ3n) is 5.86. The summed E-state index contributed by atoms with van der Waals surface area (Å²) in [6.07, 6.45) is 4.92. The molecule has 2 amide bonds. The maximum atomic E-state index is 13.1. The van der Waals surface area contributed by atoms with Crippen molar-refractivity contribution in [3.05, 3.63) is 65.7 Å². The van der Waals surface area contributed by atoms with Gasteiger partial charge in [-0.3, -0.25) is 9.59 Å². The number of nitrogens with zero attached hydrogens (tertiary/aromatic N) is 3. The second-order valence-electron chi connectivity index (χ2n) is 8.56. The monoisotopic (exact) mass is 478 g/mol. The van der Waals surface area contributed by atoms with Gasteiger partial charge in [-0.1, -0.05) is 97.7 Å². The second-order valence-corrected chi connectivity index (χ2v) is 9.54. The van der Waals surface area contributed by atoms with E-state index in [4.69, 9.17) is 0 Å². The number of aryl methyl sites for hydroxylation is 1. The fourth-order valence-corrected chi connectivity index (χ4v) is 4.55. The standard InChI is InChI=1S/C27H34N4O2S/c1-4-5-6-10-13-25(33)31(21(3)22-11-8-7-9-12-22)19-18-24(32)28-27-30-29-26(34-27)23-16-14-20(2)15-17-23/h7-9,11-12,14-17,21H,4-6,10,13,18-19H2,1-3H3,(H,28,30,32)/t21-/m0/s1. The number of hydrogen-bond acceptors (Lipinski definition) is 5. The predicted octanol–water partition coefficient (Wildman–Crippen LogP) is 6.40. The summed E-state index contributed by atoms with van der Waals surface area (Å²) in [4.78, 5) is 27.6. The number of aromatic nitrogens is 2. The summed E-state index contributed by atoms with van der Waals surface area (Å²) in [7, 11) is 0. The summed E-state index contributed by atoms with van der Waals surface area (Å²) in [5, 5.41) is 12.4. The van der Waals surface area contributed by atoms with Gasteiger partial charge in [0.15, 0.2) is 0 Å². The topological polar surface area (TPSA) is 75.2 Å². The number of carbonyl (C=O) groups excluding carboxylic acids is 2. The molecule has 34 heavy (non-hydrogen) atoms. The third-order valence-corrected chi connectivity index (χ3v) is 6.75. The molecule has 0 spiro atoms. The minimum Gasteiger partial charge on any atom is -0.335 e. The van der Waals surface area contributed by atoms with Gasteiger partial charge >= 0.3 is 0 Å². The summed E-state index contributed by atoms with van der Waals surface area (Å²) < 4.78 is 0. The van der Waals surface area contributed by atoms with Crippen molar-refractivity contribution in [2.45, 2.75) is 65.3 Å². The molecule has 3 aromatic rings. The Morgan fingerprint density at radius 1 is 0.971 bits per heavy atom. The van der Waals surface area contributed by atoms with Crippen molar-refractivity contribution in [1.29, 1.82) is 0 Å². The fraction of sp³-hybridized carbons (Fsp3) is 0.407. The van der Waals surface area contributed by atoms with Crippen LogP contribution in [-0.2, 0) is 9.59 Å². The first kappa shape index (κ1) is 25.6. The Kier molecular flexibility index (Phi) is 9.76. The van der Waals surface area contributed by atoms with Crippen LogP contribution in [0.15, 0.2) is 54.6 Å². The number of amides is 2. The Morgan fingerprint density at radius 3 is 2.41 bits per heavy atom. The minimum absolute atomic E-state index is 0.0951. The molecule has 2 aromatic carbocycles. The van der Waals surface area contributed by atoms with Crippen molar-refractivity contribution < 1.29 is 9.59 Å². The van der Waals surface area contributed by atoms with Crippen LogP contribution in [0.5, 0.6) is 0 Å². The lowest BCUT2D eigenvalue weighted by atomic mass is 10.1. The molecule has 0 aliphatic carbocycles. The van der Waals surface area contributed by atoms with Crippen LogP contribution in [0.2, 0.25) is 0 Å². The van der Waals surface area contributed by atoms with Crippen LogP contribution in [-0.4, -0.2) is 33.5 Å². The number of rotatable bonds is 12. The fourth-order valence-electron chi connectivity index (χ4n) is 3.78. The van der Waals surface area contributed by atoms with E-state index in [1.165, 1.54) is 16.9 Å². The van der Waals surface area contributed by atoms with E-state index in [2.05, 4.69) is 22.4 Å². The van der Waals surface area contributed by atoms with Gasteiger partial charge in [-0.25, -0.2) is 0 Å². The summed E-state index contributed by atoms with van der Waals surface area (Å²) in [6, 6.07) is 17.9. The Labute approximate surface area is 206 Å². The first-order valence-electron chi connectivity index (χ1n) is 12.0. The molecular formula is C27H34N4O2S. The lowest BCUT2D eigenvalue weighted by molar-refractivity contribution is -0.134. The lowest BCUT2D eigenvalue weighted by Gasteiger charge is -2.29. The molecule has 0 saturated carbocycles. The molecule has 3 rings (SSSR count). The van der Waals surface area contributed by atoms with E-state index in [9.17, 15) is 9.59 Å². The Bertz CT molecular complexity index is 1050. The van der Waals surface area contributed by atoms with E-state index in [0.29, 0.717) is 18.1 Å². The van der Waals surface area contributed by atoms with Gasteiger partial charge in [0.25, 0.3) is 0 Å². The van der Waals surface area contributed by atoms with E-state index < -0.39 is 0 Å². The number of benzene rings is 2. The Balaban J connectivity index is 1.60. The second kappa shape index (κ2) is 13.0. The number of unbranched alkanes of at least 4 members (excludes halogenated alkanes) is 3. The number of nitrogens with one attached hydrogen (secondary N) is 1. The van der Waals surface area contributed by atoms with Crippen LogP contribution < -0.4 is 5.32 Å². The van der Waals surface area contributed by atoms with E-state index >= 15 is 0 Å². The maximum Gasteiger partial charge on any atom is 0.227 e. The molecular weight excluding hydrogens is 444 g/mol. The summed E-state index contributed by atoms with van der Waals surface area (Å²) >= 11 is 1.34. The number of hydrogen-bond donors (Lipinski definition) is 1. The first-order chi connectivity index (χ1) is 16.5. The molecule has 0 aliphatic rings. The van der Waals surface area contributed by atoms with Gasteiger partial charge in [0.05, 0.1) is 6.04 Å². The zero-order chi connectivity index (χ0) is 24.3. The largest absolute Gasteiger partial charge is 0.335 e. The van der Waals surface area contributed by atoms with E-state index in [1.54, 1.807) is 0 Å². The molecule has 0 fully saturated rings. The van der Waals surface area contributed by atoms with Gasteiger partial charge in [-0.05, 0) is 25.8 Å². The van der Waals surface area contributed by atoms with Crippen LogP contribution >= 0.6 is 11.3 Å². The van der Waals surface area contributed by atoms with Crippen LogP contribution in [0.4, 0.5) is 5.13 Å². The predicted molar refractivity (Wildman–Crippen MR) is 139 cm³/mol. The summed E-state index contributed by atoms with van der Waals surface area (Å²) in [5.41, 5.74) is 3.22. The smallest absolute Gasteiger partial charge is 0.227 e. The third kappa shape index (κ3) is 7.48. The van der Waals surface area contributed by atoms with Crippen LogP contribution in [0, 0.1) is 6.92 Å². The highest BCUT2D eigenvalue weighted by atomic mass is 32.1. The average molecular weight is 479 g/mol. The Hall–Kier alpha value is -3.06. The maximum absolute atomic E-state index is 13.1. The van der Waals surface area contributed by atoms with Gasteiger partial charge in [-0.15, -0.1) is 10.2 Å². The molecule has 180 valence electrons. The number of anilines is 1. The molecule has 0 saturated heterocycles. The Morgan fingerprint density at radius 2 is 1.71 bits per heavy atom. The highest BCUT2D eigenvalue weighted by Gasteiger charge is 2.22. The SMILES string of the molecule is CCCCCCC(=O)N(CCC(=O)Nc1nnc(-c2ccc(C)cc2)s1)[C@@H](C)c1ccccc1. The van der Waals surface area contributed by atoms with Crippen LogP contribution in [0.25, 0.3) is 10.6 Å². The molecule has 0 unspecified atom stereocenters. The van der Waals surface area contributed by atoms with E-state index in [-0.39, 0.29) is 24.3 Å². The molecule has 0 bridgehead atoms. The molecule has 0 aliphatic heterocycles. The molecule has 1 N–H and O–H groups in total. The summed E-state index contributed by atoms with van der Waals surface area (Å²) in [6.45, 7) is 6.58.